The van der Waals surface area contributed by atoms with E-state index in [1.54, 1.807) is 11.3 Å². The molecule has 21 heavy (non-hydrogen) atoms. The molecule has 0 spiro atoms. The molecule has 1 amide bonds. The van der Waals surface area contributed by atoms with Gasteiger partial charge in [-0.3, -0.25) is 9.69 Å². The number of rotatable bonds is 5. The molecule has 2 aliphatic rings. The summed E-state index contributed by atoms with van der Waals surface area (Å²) in [6, 6.07) is 4.55. The molecule has 1 aromatic heterocycles. The summed E-state index contributed by atoms with van der Waals surface area (Å²) >= 11 is 1.77. The molecule has 0 bridgehead atoms. The Hall–Kier alpha value is -0.950. The summed E-state index contributed by atoms with van der Waals surface area (Å²) in [4.78, 5) is 16.0. The zero-order chi connectivity index (χ0) is 14.5. The van der Waals surface area contributed by atoms with Gasteiger partial charge in [0.25, 0.3) is 5.91 Å². The minimum Gasteiger partial charge on any atom is -0.366 e. The van der Waals surface area contributed by atoms with Crippen molar-refractivity contribution in [2.75, 3.05) is 39.3 Å². The Morgan fingerprint density at radius 2 is 2.38 bits per heavy atom. The van der Waals surface area contributed by atoms with Crippen LogP contribution in [-0.2, 0) is 9.53 Å². The molecular weight excluding hydrogens is 286 g/mol. The van der Waals surface area contributed by atoms with Crippen LogP contribution in [0.2, 0.25) is 0 Å². The van der Waals surface area contributed by atoms with E-state index in [1.807, 2.05) is 0 Å². The van der Waals surface area contributed by atoms with Crippen LogP contribution in [0.5, 0.6) is 0 Å². The second-order valence-electron chi connectivity index (χ2n) is 5.58. The van der Waals surface area contributed by atoms with E-state index in [-0.39, 0.29) is 12.0 Å². The Balaban J connectivity index is 1.58. The lowest BCUT2D eigenvalue weighted by molar-refractivity contribution is -0.134. The van der Waals surface area contributed by atoms with Gasteiger partial charge in [0.1, 0.15) is 6.10 Å². The van der Waals surface area contributed by atoms with Gasteiger partial charge in [0.05, 0.1) is 12.6 Å². The van der Waals surface area contributed by atoms with E-state index >= 15 is 0 Å². The fraction of sp³-hybridized carbons (Fsp3) is 0.667. The summed E-state index contributed by atoms with van der Waals surface area (Å²) in [5, 5.41) is 8.38. The van der Waals surface area contributed by atoms with Crippen LogP contribution in [-0.4, -0.2) is 56.2 Å². The predicted octanol–water partition coefficient (Wildman–Crippen LogP) is 0.990. The van der Waals surface area contributed by atoms with E-state index in [2.05, 4.69) is 33.0 Å². The number of amides is 1. The number of ether oxygens (including phenoxy) is 1. The molecule has 6 heteroatoms. The van der Waals surface area contributed by atoms with Gasteiger partial charge in [-0.25, -0.2) is 0 Å². The van der Waals surface area contributed by atoms with Crippen LogP contribution < -0.4 is 10.6 Å². The van der Waals surface area contributed by atoms with Gasteiger partial charge in [-0.1, -0.05) is 6.07 Å². The normalized spacial score (nSPS) is 24.9. The van der Waals surface area contributed by atoms with Crippen molar-refractivity contribution in [3.05, 3.63) is 22.4 Å². The van der Waals surface area contributed by atoms with Gasteiger partial charge >= 0.3 is 0 Å². The van der Waals surface area contributed by atoms with E-state index < -0.39 is 0 Å². The third-order valence-electron chi connectivity index (χ3n) is 4.14. The van der Waals surface area contributed by atoms with Gasteiger partial charge in [-0.2, -0.15) is 0 Å². The van der Waals surface area contributed by atoms with Crippen molar-refractivity contribution < 1.29 is 9.53 Å². The lowest BCUT2D eigenvalue weighted by Gasteiger charge is -2.28. The maximum Gasteiger partial charge on any atom is 0.250 e. The van der Waals surface area contributed by atoms with Crippen LogP contribution in [0.3, 0.4) is 0 Å². The van der Waals surface area contributed by atoms with Crippen LogP contribution in [0.4, 0.5) is 0 Å². The lowest BCUT2D eigenvalue weighted by atomic mass is 10.2. The van der Waals surface area contributed by atoms with E-state index in [1.165, 1.54) is 17.7 Å². The van der Waals surface area contributed by atoms with E-state index in [9.17, 15) is 4.79 Å². The van der Waals surface area contributed by atoms with Crippen molar-refractivity contribution in [2.24, 2.45) is 0 Å². The average Bonchev–Trinajstić information content (AvgIpc) is 3.22. The van der Waals surface area contributed by atoms with Gasteiger partial charge in [-0.15, -0.1) is 11.3 Å². The van der Waals surface area contributed by atoms with Crippen molar-refractivity contribution in [1.82, 2.24) is 15.5 Å². The molecule has 3 heterocycles. The highest BCUT2D eigenvalue weighted by Gasteiger charge is 2.27. The molecule has 0 radical (unpaired) electrons. The molecule has 2 fully saturated rings. The number of carbonyl (C=O) groups excluding carboxylic acids is 1. The van der Waals surface area contributed by atoms with E-state index in [0.717, 1.165) is 19.6 Å². The van der Waals surface area contributed by atoms with Crippen LogP contribution in [0.25, 0.3) is 0 Å². The number of nitrogens with one attached hydrogen (secondary N) is 2. The monoisotopic (exact) mass is 309 g/mol. The zero-order valence-corrected chi connectivity index (χ0v) is 13.0. The first-order valence-corrected chi connectivity index (χ1v) is 8.60. The van der Waals surface area contributed by atoms with Crippen LogP contribution in [0.15, 0.2) is 17.5 Å². The summed E-state index contributed by atoms with van der Waals surface area (Å²) in [7, 11) is 0. The molecule has 2 unspecified atom stereocenters. The molecule has 0 saturated carbocycles. The highest BCUT2D eigenvalue weighted by Crippen LogP contribution is 2.27. The molecule has 0 aliphatic carbocycles. The van der Waals surface area contributed by atoms with Gasteiger partial charge in [0, 0.05) is 24.5 Å². The van der Waals surface area contributed by atoms with E-state index in [0.29, 0.717) is 25.7 Å². The molecule has 2 saturated heterocycles. The van der Waals surface area contributed by atoms with Crippen LogP contribution in [0, 0.1) is 0 Å². The number of hydrogen-bond donors (Lipinski definition) is 2. The lowest BCUT2D eigenvalue weighted by Crippen LogP contribution is -2.49. The first-order chi connectivity index (χ1) is 10.3. The highest BCUT2D eigenvalue weighted by molar-refractivity contribution is 7.10. The van der Waals surface area contributed by atoms with Gasteiger partial charge < -0.3 is 15.4 Å². The molecule has 2 N–H and O–H groups in total. The molecule has 1 aromatic rings. The van der Waals surface area contributed by atoms with Crippen molar-refractivity contribution in [2.45, 2.75) is 25.0 Å². The molecule has 0 aromatic carbocycles. The number of morpholine rings is 1. The summed E-state index contributed by atoms with van der Waals surface area (Å²) in [5.41, 5.74) is 0. The first kappa shape index (κ1) is 15.0. The fourth-order valence-corrected chi connectivity index (χ4v) is 3.85. The molecule has 5 nitrogen and oxygen atoms in total. The first-order valence-electron chi connectivity index (χ1n) is 7.72. The fourth-order valence-electron chi connectivity index (χ4n) is 2.99. The van der Waals surface area contributed by atoms with Crippen LogP contribution >= 0.6 is 11.3 Å². The Morgan fingerprint density at radius 3 is 3.05 bits per heavy atom. The summed E-state index contributed by atoms with van der Waals surface area (Å²) in [6.45, 7) is 4.96. The topological polar surface area (TPSA) is 53.6 Å². The Kier molecular flexibility index (Phi) is 5.24. The number of thiophene rings is 1. The standard InChI is InChI=1S/C15H23N3O2S/c19-15(13-11-16-5-8-20-13)17-10-12(14-4-3-9-21-14)18-6-1-2-7-18/h3-4,9,12-13,16H,1-2,5-8,10-11H2,(H,17,19). The largest absolute Gasteiger partial charge is 0.366 e. The zero-order valence-electron chi connectivity index (χ0n) is 12.2. The molecule has 3 rings (SSSR count). The molecule has 2 aliphatic heterocycles. The summed E-state index contributed by atoms with van der Waals surface area (Å²) in [6.07, 6.45) is 2.16. The Morgan fingerprint density at radius 1 is 1.52 bits per heavy atom. The quantitative estimate of drug-likeness (QED) is 0.852. The molecular formula is C15H23N3O2S. The summed E-state index contributed by atoms with van der Waals surface area (Å²) in [5.74, 6) is 0.00273. The van der Waals surface area contributed by atoms with Crippen molar-refractivity contribution in [3.8, 4) is 0 Å². The Labute approximate surface area is 129 Å². The minimum atomic E-state index is -0.346. The van der Waals surface area contributed by atoms with Crippen molar-refractivity contribution >= 4 is 17.2 Å². The van der Waals surface area contributed by atoms with Crippen molar-refractivity contribution in [1.29, 1.82) is 0 Å². The van der Waals surface area contributed by atoms with Crippen molar-refractivity contribution in [3.63, 3.8) is 0 Å². The second-order valence-corrected chi connectivity index (χ2v) is 6.56. The summed E-state index contributed by atoms with van der Waals surface area (Å²) < 4.78 is 5.50. The maximum atomic E-state index is 12.2. The second kappa shape index (κ2) is 7.35. The SMILES string of the molecule is O=C(NCC(c1cccs1)N1CCCC1)C1CNCCO1. The number of likely N-dealkylation sites (tertiary alicyclic amines) is 1. The third kappa shape index (κ3) is 3.83. The van der Waals surface area contributed by atoms with Gasteiger partial charge in [0.2, 0.25) is 0 Å². The molecule has 2 atom stereocenters. The van der Waals surface area contributed by atoms with Gasteiger partial charge in [-0.05, 0) is 37.4 Å². The third-order valence-corrected chi connectivity index (χ3v) is 5.12. The van der Waals surface area contributed by atoms with Gasteiger partial charge in [0.15, 0.2) is 0 Å². The number of nitrogens with zero attached hydrogens (tertiary/aromatic N) is 1. The smallest absolute Gasteiger partial charge is 0.250 e. The maximum absolute atomic E-state index is 12.2. The highest BCUT2D eigenvalue weighted by atomic mass is 32.1. The van der Waals surface area contributed by atoms with E-state index in [4.69, 9.17) is 4.74 Å². The Bertz CT molecular complexity index is 440. The average molecular weight is 309 g/mol. The predicted molar refractivity (Wildman–Crippen MR) is 83.5 cm³/mol. The van der Waals surface area contributed by atoms with Crippen LogP contribution in [0.1, 0.15) is 23.8 Å². The minimum absolute atomic E-state index is 0.00273. The molecule has 116 valence electrons. The number of hydrogen-bond acceptors (Lipinski definition) is 5. The number of carbonyl (C=O) groups is 1.